The van der Waals surface area contributed by atoms with Crippen molar-refractivity contribution in [3.63, 3.8) is 0 Å². The van der Waals surface area contributed by atoms with Crippen LogP contribution in [0.25, 0.3) is 6.08 Å². The van der Waals surface area contributed by atoms with Crippen molar-refractivity contribution in [3.8, 4) is 0 Å². The minimum Gasteiger partial charge on any atom is -0.445 e. The zero-order valence-corrected chi connectivity index (χ0v) is 13.0. The van der Waals surface area contributed by atoms with Crippen molar-refractivity contribution < 1.29 is 9.53 Å². The summed E-state index contributed by atoms with van der Waals surface area (Å²) >= 11 is 0. The summed E-state index contributed by atoms with van der Waals surface area (Å²) in [5.74, 6) is 0. The average molecular weight is 307 g/mol. The van der Waals surface area contributed by atoms with Crippen LogP contribution in [-0.2, 0) is 11.3 Å². The van der Waals surface area contributed by atoms with Gasteiger partial charge in [0.2, 0.25) is 0 Å². The Morgan fingerprint density at radius 1 is 1.09 bits per heavy atom. The third-order valence-electron chi connectivity index (χ3n) is 3.26. The molecule has 0 spiro atoms. The van der Waals surface area contributed by atoms with Gasteiger partial charge in [0.15, 0.2) is 0 Å². The fraction of sp³-hybridized carbons (Fsp3) is 0.150. The summed E-state index contributed by atoms with van der Waals surface area (Å²) in [4.78, 5) is 11.9. The first-order valence-electron chi connectivity index (χ1n) is 7.59. The van der Waals surface area contributed by atoms with E-state index in [-0.39, 0.29) is 12.6 Å². The number of carbonyl (C=O) groups excluding carboxylic acids is 1. The SMILES string of the molecule is C=CCC(/C=C/c1ccccc1)NC(=O)OCc1ccccc1. The minimum atomic E-state index is -0.432. The fourth-order valence-corrected chi connectivity index (χ4v) is 2.07. The van der Waals surface area contributed by atoms with Crippen LogP contribution in [-0.4, -0.2) is 12.1 Å². The lowest BCUT2D eigenvalue weighted by molar-refractivity contribution is 0.137. The summed E-state index contributed by atoms with van der Waals surface area (Å²) in [6.45, 7) is 3.99. The Labute approximate surface area is 137 Å². The summed E-state index contributed by atoms with van der Waals surface area (Å²) in [5.41, 5.74) is 2.05. The molecule has 3 nitrogen and oxygen atoms in total. The van der Waals surface area contributed by atoms with E-state index in [9.17, 15) is 4.79 Å². The molecule has 1 N–H and O–H groups in total. The molecule has 118 valence electrons. The van der Waals surface area contributed by atoms with Gasteiger partial charge in [-0.05, 0) is 17.5 Å². The van der Waals surface area contributed by atoms with Gasteiger partial charge in [-0.25, -0.2) is 4.79 Å². The second-order valence-corrected chi connectivity index (χ2v) is 5.11. The van der Waals surface area contributed by atoms with Crippen LogP contribution in [0, 0.1) is 0 Å². The molecule has 1 unspecified atom stereocenters. The van der Waals surface area contributed by atoms with Crippen LogP contribution in [0.1, 0.15) is 17.5 Å². The molecule has 2 rings (SSSR count). The predicted octanol–water partition coefficient (Wildman–Crippen LogP) is 4.57. The first kappa shape index (κ1) is 16.6. The van der Waals surface area contributed by atoms with Crippen LogP contribution >= 0.6 is 0 Å². The zero-order valence-electron chi connectivity index (χ0n) is 13.0. The van der Waals surface area contributed by atoms with Gasteiger partial charge in [0, 0.05) is 0 Å². The third-order valence-corrected chi connectivity index (χ3v) is 3.26. The first-order chi connectivity index (χ1) is 11.3. The molecule has 1 atom stereocenters. The van der Waals surface area contributed by atoms with Gasteiger partial charge < -0.3 is 10.1 Å². The molecule has 0 saturated heterocycles. The molecule has 0 aliphatic rings. The maximum Gasteiger partial charge on any atom is 0.407 e. The fourth-order valence-electron chi connectivity index (χ4n) is 2.07. The van der Waals surface area contributed by atoms with Gasteiger partial charge >= 0.3 is 6.09 Å². The van der Waals surface area contributed by atoms with E-state index in [1.54, 1.807) is 6.08 Å². The molecule has 3 heteroatoms. The first-order valence-corrected chi connectivity index (χ1v) is 7.59. The topological polar surface area (TPSA) is 38.3 Å². The van der Waals surface area contributed by atoms with Gasteiger partial charge in [-0.15, -0.1) is 6.58 Å². The number of alkyl carbamates (subject to hydrolysis) is 1. The molecule has 0 aliphatic carbocycles. The highest BCUT2D eigenvalue weighted by Gasteiger charge is 2.09. The number of amides is 1. The van der Waals surface area contributed by atoms with Crippen molar-refractivity contribution in [1.82, 2.24) is 5.32 Å². The second-order valence-electron chi connectivity index (χ2n) is 5.11. The highest BCUT2D eigenvalue weighted by Crippen LogP contribution is 2.05. The highest BCUT2D eigenvalue weighted by atomic mass is 16.5. The molecular formula is C20H21NO2. The molecule has 0 fully saturated rings. The molecule has 2 aromatic rings. The number of hydrogen-bond acceptors (Lipinski definition) is 2. The molecule has 0 bridgehead atoms. The van der Waals surface area contributed by atoms with Crippen LogP contribution in [0.3, 0.4) is 0 Å². The molecule has 2 aromatic carbocycles. The third kappa shape index (κ3) is 6.22. The maximum atomic E-state index is 11.9. The molecular weight excluding hydrogens is 286 g/mol. The predicted molar refractivity (Wildman–Crippen MR) is 93.8 cm³/mol. The van der Waals surface area contributed by atoms with Gasteiger partial charge in [0.25, 0.3) is 0 Å². The number of ether oxygens (including phenoxy) is 1. The van der Waals surface area contributed by atoms with Gasteiger partial charge in [0.1, 0.15) is 6.61 Å². The Kier molecular flexibility index (Phi) is 6.66. The van der Waals surface area contributed by atoms with Crippen LogP contribution in [0.15, 0.2) is 79.4 Å². The van der Waals surface area contributed by atoms with Crippen LogP contribution in [0.2, 0.25) is 0 Å². The van der Waals surface area contributed by atoms with E-state index in [2.05, 4.69) is 11.9 Å². The number of benzene rings is 2. The zero-order chi connectivity index (χ0) is 16.3. The lowest BCUT2D eigenvalue weighted by atomic mass is 10.1. The van der Waals surface area contributed by atoms with Gasteiger partial charge in [0.05, 0.1) is 6.04 Å². The van der Waals surface area contributed by atoms with Crippen molar-refractivity contribution in [2.24, 2.45) is 0 Å². The van der Waals surface area contributed by atoms with Crippen molar-refractivity contribution in [3.05, 3.63) is 90.5 Å². The van der Waals surface area contributed by atoms with E-state index in [0.29, 0.717) is 6.42 Å². The van der Waals surface area contributed by atoms with E-state index in [1.807, 2.05) is 72.8 Å². The number of carbonyl (C=O) groups is 1. The van der Waals surface area contributed by atoms with Crippen molar-refractivity contribution in [2.45, 2.75) is 19.1 Å². The normalized spacial score (nSPS) is 11.8. The van der Waals surface area contributed by atoms with E-state index in [1.165, 1.54) is 0 Å². The van der Waals surface area contributed by atoms with Crippen LogP contribution in [0.5, 0.6) is 0 Å². The van der Waals surface area contributed by atoms with E-state index < -0.39 is 6.09 Å². The van der Waals surface area contributed by atoms with E-state index >= 15 is 0 Å². The minimum absolute atomic E-state index is 0.143. The number of nitrogens with one attached hydrogen (secondary N) is 1. The maximum absolute atomic E-state index is 11.9. The van der Waals surface area contributed by atoms with Crippen LogP contribution in [0.4, 0.5) is 4.79 Å². The summed E-state index contributed by atoms with van der Waals surface area (Å²) in [6, 6.07) is 19.4. The molecule has 23 heavy (non-hydrogen) atoms. The Hall–Kier alpha value is -2.81. The van der Waals surface area contributed by atoms with Gasteiger partial charge in [-0.1, -0.05) is 78.9 Å². The van der Waals surface area contributed by atoms with Crippen molar-refractivity contribution in [2.75, 3.05) is 0 Å². The quantitative estimate of drug-likeness (QED) is 0.761. The standard InChI is InChI=1S/C20H21NO2/c1-2-9-19(15-14-17-10-5-3-6-11-17)21-20(22)23-16-18-12-7-4-8-13-18/h2-8,10-15,19H,1,9,16H2,(H,21,22)/b15-14+. The molecule has 1 amide bonds. The largest absolute Gasteiger partial charge is 0.445 e. The van der Waals surface area contributed by atoms with Gasteiger partial charge in [-0.3, -0.25) is 0 Å². The molecule has 0 saturated carbocycles. The number of rotatable bonds is 7. The number of hydrogen-bond donors (Lipinski definition) is 1. The molecule has 0 aliphatic heterocycles. The summed E-state index contributed by atoms with van der Waals surface area (Å²) < 4.78 is 5.24. The van der Waals surface area contributed by atoms with E-state index in [0.717, 1.165) is 11.1 Å². The van der Waals surface area contributed by atoms with Crippen molar-refractivity contribution in [1.29, 1.82) is 0 Å². The highest BCUT2D eigenvalue weighted by molar-refractivity contribution is 5.68. The summed E-state index contributed by atoms with van der Waals surface area (Å²) in [6.07, 6.45) is 5.91. The molecule has 0 radical (unpaired) electrons. The van der Waals surface area contributed by atoms with E-state index in [4.69, 9.17) is 4.74 Å². The molecule has 0 heterocycles. The Morgan fingerprint density at radius 3 is 2.39 bits per heavy atom. The Balaban J connectivity index is 1.87. The lowest BCUT2D eigenvalue weighted by Gasteiger charge is -2.13. The Bertz CT molecular complexity index is 635. The smallest absolute Gasteiger partial charge is 0.407 e. The Morgan fingerprint density at radius 2 is 1.74 bits per heavy atom. The van der Waals surface area contributed by atoms with Crippen LogP contribution < -0.4 is 5.32 Å². The van der Waals surface area contributed by atoms with Gasteiger partial charge in [-0.2, -0.15) is 0 Å². The monoisotopic (exact) mass is 307 g/mol. The summed E-state index contributed by atoms with van der Waals surface area (Å²) in [7, 11) is 0. The lowest BCUT2D eigenvalue weighted by Crippen LogP contribution is -2.33. The average Bonchev–Trinajstić information content (AvgIpc) is 2.60. The molecule has 0 aromatic heterocycles. The summed E-state index contributed by atoms with van der Waals surface area (Å²) in [5, 5.41) is 2.84. The second kappa shape index (κ2) is 9.26. The van der Waals surface area contributed by atoms with Crippen molar-refractivity contribution >= 4 is 12.2 Å².